The highest BCUT2D eigenvalue weighted by Gasteiger charge is 2.06. The molecule has 0 aliphatic carbocycles. The second-order valence-corrected chi connectivity index (χ2v) is 6.03. The maximum absolute atomic E-state index is 6.00. The van der Waals surface area contributed by atoms with E-state index in [1.165, 1.54) is 16.5 Å². The first-order valence-corrected chi connectivity index (χ1v) is 7.54. The molecule has 0 aliphatic rings. The zero-order valence-corrected chi connectivity index (χ0v) is 13.4. The summed E-state index contributed by atoms with van der Waals surface area (Å²) < 4.78 is 3.06. The number of aromatic nitrogens is 1. The van der Waals surface area contributed by atoms with Crippen molar-refractivity contribution in [3.8, 4) is 0 Å². The van der Waals surface area contributed by atoms with Gasteiger partial charge in [0.15, 0.2) is 0 Å². The van der Waals surface area contributed by atoms with Crippen molar-refractivity contribution in [1.29, 1.82) is 0 Å². The largest absolute Gasteiger partial charge is 0.381 e. The summed E-state index contributed by atoms with van der Waals surface area (Å²) in [4.78, 5) is 0. The Hall–Kier alpha value is -1.45. The molecule has 0 unspecified atom stereocenters. The summed E-state index contributed by atoms with van der Waals surface area (Å²) in [5, 5.41) is 5.44. The molecule has 1 N–H and O–H groups in total. The average molecular weight is 350 g/mol. The summed E-state index contributed by atoms with van der Waals surface area (Å²) in [6, 6.07) is 14.3. The van der Waals surface area contributed by atoms with E-state index < -0.39 is 0 Å². The molecule has 0 spiro atoms. The SMILES string of the molecule is Cn1cc(CNc2ccc(Cl)c(Br)c2)c2ccccc21. The monoisotopic (exact) mass is 348 g/mol. The molecule has 2 aromatic carbocycles. The molecule has 20 heavy (non-hydrogen) atoms. The fourth-order valence-electron chi connectivity index (χ4n) is 2.37. The molecule has 0 bridgehead atoms. The molecular weight excluding hydrogens is 336 g/mol. The smallest absolute Gasteiger partial charge is 0.0549 e. The molecular formula is C16H14BrClN2. The molecule has 4 heteroatoms. The molecule has 3 rings (SSSR count). The van der Waals surface area contributed by atoms with Gasteiger partial charge < -0.3 is 9.88 Å². The Bertz CT molecular complexity index is 764. The van der Waals surface area contributed by atoms with Gasteiger partial charge in [-0.1, -0.05) is 29.8 Å². The molecule has 0 amide bonds. The lowest BCUT2D eigenvalue weighted by Crippen LogP contribution is -1.98. The minimum atomic E-state index is 0.723. The van der Waals surface area contributed by atoms with Gasteiger partial charge in [-0.15, -0.1) is 0 Å². The van der Waals surface area contributed by atoms with Gasteiger partial charge in [-0.3, -0.25) is 0 Å². The van der Waals surface area contributed by atoms with Crippen molar-refractivity contribution in [3.05, 3.63) is 63.7 Å². The van der Waals surface area contributed by atoms with E-state index in [0.717, 1.165) is 21.7 Å². The second-order valence-electron chi connectivity index (χ2n) is 4.76. The van der Waals surface area contributed by atoms with Crippen molar-refractivity contribution < 1.29 is 0 Å². The maximum Gasteiger partial charge on any atom is 0.0549 e. The zero-order valence-electron chi connectivity index (χ0n) is 11.0. The van der Waals surface area contributed by atoms with Crippen LogP contribution in [0.3, 0.4) is 0 Å². The highest BCUT2D eigenvalue weighted by atomic mass is 79.9. The van der Waals surface area contributed by atoms with E-state index in [4.69, 9.17) is 11.6 Å². The fraction of sp³-hybridized carbons (Fsp3) is 0.125. The highest BCUT2D eigenvalue weighted by Crippen LogP contribution is 2.26. The molecule has 0 fully saturated rings. The van der Waals surface area contributed by atoms with Crippen LogP contribution in [-0.2, 0) is 13.6 Å². The first-order chi connectivity index (χ1) is 9.65. The topological polar surface area (TPSA) is 17.0 Å². The van der Waals surface area contributed by atoms with Crippen LogP contribution in [0.4, 0.5) is 5.69 Å². The molecule has 102 valence electrons. The minimum Gasteiger partial charge on any atom is -0.381 e. The normalized spacial score (nSPS) is 10.9. The third kappa shape index (κ3) is 2.56. The number of hydrogen-bond donors (Lipinski definition) is 1. The third-order valence-corrected chi connectivity index (χ3v) is 4.60. The first kappa shape index (κ1) is 13.5. The number of benzene rings is 2. The van der Waals surface area contributed by atoms with Crippen LogP contribution < -0.4 is 5.32 Å². The lowest BCUT2D eigenvalue weighted by Gasteiger charge is -2.07. The Morgan fingerprint density at radius 2 is 2.00 bits per heavy atom. The number of anilines is 1. The standard InChI is InChI=1S/C16H14BrClN2/c1-20-10-11(13-4-2-3-5-16(13)20)9-19-12-6-7-15(18)14(17)8-12/h2-8,10,19H,9H2,1H3. The van der Waals surface area contributed by atoms with E-state index in [9.17, 15) is 0 Å². The van der Waals surface area contributed by atoms with Crippen molar-refractivity contribution in [2.45, 2.75) is 6.54 Å². The van der Waals surface area contributed by atoms with Gasteiger partial charge in [0, 0.05) is 40.9 Å². The lowest BCUT2D eigenvalue weighted by atomic mass is 10.2. The van der Waals surface area contributed by atoms with Crippen LogP contribution in [0, 0.1) is 0 Å². The maximum atomic E-state index is 6.00. The van der Waals surface area contributed by atoms with Crippen LogP contribution >= 0.6 is 27.5 Å². The van der Waals surface area contributed by atoms with E-state index in [-0.39, 0.29) is 0 Å². The van der Waals surface area contributed by atoms with E-state index in [1.54, 1.807) is 0 Å². The van der Waals surface area contributed by atoms with Gasteiger partial charge in [0.1, 0.15) is 0 Å². The van der Waals surface area contributed by atoms with E-state index >= 15 is 0 Å². The molecule has 2 nitrogen and oxygen atoms in total. The molecule has 3 aromatic rings. The van der Waals surface area contributed by atoms with E-state index in [2.05, 4.69) is 63.3 Å². The Balaban J connectivity index is 1.85. The number of halogens is 2. The van der Waals surface area contributed by atoms with Gasteiger partial charge in [0.05, 0.1) is 5.02 Å². The number of rotatable bonds is 3. The second kappa shape index (κ2) is 5.51. The summed E-state index contributed by atoms with van der Waals surface area (Å²) in [5.74, 6) is 0. The van der Waals surface area contributed by atoms with Gasteiger partial charge in [0.25, 0.3) is 0 Å². The Morgan fingerprint density at radius 3 is 2.80 bits per heavy atom. The molecule has 0 radical (unpaired) electrons. The van der Waals surface area contributed by atoms with Crippen LogP contribution in [0.25, 0.3) is 10.9 Å². The third-order valence-electron chi connectivity index (χ3n) is 3.38. The van der Waals surface area contributed by atoms with Crippen LogP contribution in [-0.4, -0.2) is 4.57 Å². The molecule has 1 aromatic heterocycles. The van der Waals surface area contributed by atoms with Gasteiger partial charge in [0.2, 0.25) is 0 Å². The zero-order chi connectivity index (χ0) is 14.1. The fourth-order valence-corrected chi connectivity index (χ4v) is 2.87. The van der Waals surface area contributed by atoms with Crippen LogP contribution in [0.15, 0.2) is 53.1 Å². The number of nitrogens with zero attached hydrogens (tertiary/aromatic N) is 1. The molecule has 0 aliphatic heterocycles. The average Bonchev–Trinajstić information content (AvgIpc) is 2.78. The van der Waals surface area contributed by atoms with Crippen molar-refractivity contribution in [2.75, 3.05) is 5.32 Å². The molecule has 0 saturated carbocycles. The van der Waals surface area contributed by atoms with E-state index in [1.807, 2.05) is 18.2 Å². The first-order valence-electron chi connectivity index (χ1n) is 6.37. The summed E-state index contributed by atoms with van der Waals surface area (Å²) >= 11 is 9.44. The lowest BCUT2D eigenvalue weighted by molar-refractivity contribution is 0.956. The number of hydrogen-bond acceptors (Lipinski definition) is 1. The summed E-state index contributed by atoms with van der Waals surface area (Å²) in [6.45, 7) is 0.787. The molecule has 0 atom stereocenters. The highest BCUT2D eigenvalue weighted by molar-refractivity contribution is 9.10. The van der Waals surface area contributed by atoms with Gasteiger partial charge in [-0.05, 0) is 45.8 Å². The van der Waals surface area contributed by atoms with Crippen LogP contribution in [0.5, 0.6) is 0 Å². The summed E-state index contributed by atoms with van der Waals surface area (Å²) in [6.07, 6.45) is 2.17. The molecule has 0 saturated heterocycles. The van der Waals surface area contributed by atoms with Gasteiger partial charge in [-0.25, -0.2) is 0 Å². The molecule has 1 heterocycles. The number of para-hydroxylation sites is 1. The van der Waals surface area contributed by atoms with Crippen molar-refractivity contribution in [2.24, 2.45) is 7.05 Å². The minimum absolute atomic E-state index is 0.723. The Morgan fingerprint density at radius 1 is 1.20 bits per heavy atom. The Kier molecular flexibility index (Phi) is 3.72. The summed E-state index contributed by atoms with van der Waals surface area (Å²) in [5.41, 5.74) is 3.59. The number of nitrogens with one attached hydrogen (secondary N) is 1. The van der Waals surface area contributed by atoms with Crippen molar-refractivity contribution in [3.63, 3.8) is 0 Å². The van der Waals surface area contributed by atoms with Crippen molar-refractivity contribution in [1.82, 2.24) is 4.57 Å². The van der Waals surface area contributed by atoms with Crippen LogP contribution in [0.1, 0.15) is 5.56 Å². The number of aryl methyl sites for hydroxylation is 1. The quantitative estimate of drug-likeness (QED) is 0.687. The van der Waals surface area contributed by atoms with Gasteiger partial charge >= 0.3 is 0 Å². The van der Waals surface area contributed by atoms with E-state index in [0.29, 0.717) is 0 Å². The van der Waals surface area contributed by atoms with Crippen LogP contribution in [0.2, 0.25) is 5.02 Å². The predicted molar refractivity (Wildman–Crippen MR) is 89.4 cm³/mol. The van der Waals surface area contributed by atoms with Gasteiger partial charge in [-0.2, -0.15) is 0 Å². The predicted octanol–water partition coefficient (Wildman–Crippen LogP) is 5.21. The Labute approximate surface area is 131 Å². The summed E-state index contributed by atoms with van der Waals surface area (Å²) in [7, 11) is 2.07. The van der Waals surface area contributed by atoms with Crippen molar-refractivity contribution >= 4 is 44.1 Å². The number of fused-ring (bicyclic) bond motifs is 1.